The van der Waals surface area contributed by atoms with Crippen molar-refractivity contribution in [3.63, 3.8) is 0 Å². The Kier molecular flexibility index (Phi) is 4.76. The first-order valence-corrected chi connectivity index (χ1v) is 11.0. The average Bonchev–Trinajstić information content (AvgIpc) is 3.33. The molecule has 2 heterocycles. The highest BCUT2D eigenvalue weighted by atomic mass is 16.2. The van der Waals surface area contributed by atoms with E-state index in [2.05, 4.69) is 12.2 Å². The molecule has 1 aromatic carbocycles. The molecule has 3 amide bonds. The zero-order valence-corrected chi connectivity index (χ0v) is 16.7. The minimum Gasteiger partial charge on any atom is -0.341 e. The van der Waals surface area contributed by atoms with Crippen LogP contribution in [0.5, 0.6) is 0 Å². The van der Waals surface area contributed by atoms with Crippen LogP contribution in [0.1, 0.15) is 37.7 Å². The monoisotopic (exact) mass is 392 g/mol. The van der Waals surface area contributed by atoms with Gasteiger partial charge in [0, 0.05) is 19.5 Å². The molecule has 0 radical (unpaired) electrons. The zero-order valence-electron chi connectivity index (χ0n) is 16.7. The highest BCUT2D eigenvalue weighted by Crippen LogP contribution is 2.53. The Hall–Kier alpha value is -2.43. The molecule has 2 aliphatic heterocycles. The van der Waals surface area contributed by atoms with Gasteiger partial charge in [-0.25, -0.2) is 0 Å². The van der Waals surface area contributed by atoms with Crippen molar-refractivity contribution in [3.05, 3.63) is 48.0 Å². The second-order valence-corrected chi connectivity index (χ2v) is 8.99. The minimum absolute atomic E-state index is 0.0577. The fourth-order valence-electron chi connectivity index (χ4n) is 5.86. The predicted molar refractivity (Wildman–Crippen MR) is 109 cm³/mol. The Morgan fingerprint density at radius 3 is 2.07 bits per heavy atom. The van der Waals surface area contributed by atoms with Crippen molar-refractivity contribution in [1.82, 2.24) is 9.80 Å². The number of hydrogen-bond donors (Lipinski definition) is 0. The molecule has 4 aliphatic rings. The maximum absolute atomic E-state index is 13.6. The first kappa shape index (κ1) is 18.6. The molecule has 0 aromatic heterocycles. The molecule has 29 heavy (non-hydrogen) atoms. The summed E-state index contributed by atoms with van der Waals surface area (Å²) >= 11 is 0. The Balaban J connectivity index is 1.46. The molecule has 5 nitrogen and oxygen atoms in total. The number of allylic oxidation sites excluding steroid dienone is 2. The molecular formula is C24H28N2O3. The van der Waals surface area contributed by atoms with Crippen molar-refractivity contribution >= 4 is 17.7 Å². The number of fused-ring (bicyclic) bond motifs is 5. The van der Waals surface area contributed by atoms with Crippen molar-refractivity contribution in [2.45, 2.75) is 44.6 Å². The van der Waals surface area contributed by atoms with Crippen LogP contribution in [0.25, 0.3) is 0 Å². The third kappa shape index (κ3) is 3.11. The summed E-state index contributed by atoms with van der Waals surface area (Å²) in [6.07, 6.45) is 9.75. The van der Waals surface area contributed by atoms with Crippen LogP contribution in [0.4, 0.5) is 0 Å². The number of nitrogens with zero attached hydrogens (tertiary/aromatic N) is 2. The molecule has 5 heteroatoms. The highest BCUT2D eigenvalue weighted by molar-refractivity contribution is 6.09. The van der Waals surface area contributed by atoms with Crippen LogP contribution in [0, 0.1) is 23.7 Å². The summed E-state index contributed by atoms with van der Waals surface area (Å²) in [5.74, 6) is -0.491. The van der Waals surface area contributed by atoms with Crippen molar-refractivity contribution in [2.24, 2.45) is 23.7 Å². The van der Waals surface area contributed by atoms with Gasteiger partial charge in [0.15, 0.2) is 0 Å². The van der Waals surface area contributed by atoms with Gasteiger partial charge in [0.05, 0.1) is 11.8 Å². The molecule has 5 atom stereocenters. The van der Waals surface area contributed by atoms with Gasteiger partial charge in [0.25, 0.3) is 0 Å². The molecule has 3 fully saturated rings. The summed E-state index contributed by atoms with van der Waals surface area (Å²) < 4.78 is 0. The van der Waals surface area contributed by atoms with Crippen LogP contribution in [-0.4, -0.2) is 46.7 Å². The van der Waals surface area contributed by atoms with Gasteiger partial charge in [-0.05, 0) is 36.7 Å². The lowest BCUT2D eigenvalue weighted by atomic mass is 9.85. The maximum atomic E-state index is 13.6. The van der Waals surface area contributed by atoms with Crippen LogP contribution in [0.2, 0.25) is 0 Å². The van der Waals surface area contributed by atoms with E-state index in [1.165, 1.54) is 4.90 Å². The summed E-state index contributed by atoms with van der Waals surface area (Å²) in [4.78, 5) is 43.6. The fourth-order valence-corrected chi connectivity index (χ4v) is 5.86. The summed E-state index contributed by atoms with van der Waals surface area (Å²) in [5, 5.41) is 0. The largest absolute Gasteiger partial charge is 0.341 e. The van der Waals surface area contributed by atoms with Gasteiger partial charge in [-0.15, -0.1) is 0 Å². The van der Waals surface area contributed by atoms with Gasteiger partial charge in [-0.3, -0.25) is 19.3 Å². The number of benzene rings is 1. The van der Waals surface area contributed by atoms with Gasteiger partial charge in [-0.2, -0.15) is 0 Å². The van der Waals surface area contributed by atoms with Crippen LogP contribution in [-0.2, 0) is 20.8 Å². The van der Waals surface area contributed by atoms with Gasteiger partial charge in [0.2, 0.25) is 17.7 Å². The molecule has 1 aromatic rings. The lowest BCUT2D eigenvalue weighted by molar-refractivity contribution is -0.152. The summed E-state index contributed by atoms with van der Waals surface area (Å²) in [6.45, 7) is 1.44. The van der Waals surface area contributed by atoms with E-state index in [4.69, 9.17) is 0 Å². The summed E-state index contributed by atoms with van der Waals surface area (Å²) in [7, 11) is 0. The molecule has 152 valence electrons. The lowest BCUT2D eigenvalue weighted by Gasteiger charge is -2.32. The number of imide groups is 1. The van der Waals surface area contributed by atoms with E-state index in [0.717, 1.165) is 50.8 Å². The summed E-state index contributed by atoms with van der Waals surface area (Å²) in [5.41, 5.74) is 0.986. The van der Waals surface area contributed by atoms with Gasteiger partial charge in [-0.1, -0.05) is 55.3 Å². The van der Waals surface area contributed by atoms with Crippen LogP contribution in [0.3, 0.4) is 0 Å². The van der Waals surface area contributed by atoms with Crippen molar-refractivity contribution in [1.29, 1.82) is 0 Å². The second-order valence-electron chi connectivity index (χ2n) is 8.99. The fraction of sp³-hybridized carbons (Fsp3) is 0.542. The molecule has 5 rings (SSSR count). The Labute approximate surface area is 171 Å². The first-order valence-electron chi connectivity index (χ1n) is 11.0. The Morgan fingerprint density at radius 2 is 1.48 bits per heavy atom. The molecule has 2 aliphatic carbocycles. The number of likely N-dealkylation sites (tertiary alicyclic amines) is 2. The van der Waals surface area contributed by atoms with Crippen molar-refractivity contribution in [2.75, 3.05) is 13.1 Å². The number of hydrogen-bond acceptors (Lipinski definition) is 3. The van der Waals surface area contributed by atoms with E-state index in [0.29, 0.717) is 6.42 Å². The van der Waals surface area contributed by atoms with E-state index in [9.17, 15) is 14.4 Å². The third-order valence-corrected chi connectivity index (χ3v) is 7.29. The van der Waals surface area contributed by atoms with Crippen molar-refractivity contribution < 1.29 is 14.4 Å². The molecule has 2 saturated heterocycles. The van der Waals surface area contributed by atoms with E-state index < -0.39 is 6.04 Å². The topological polar surface area (TPSA) is 57.7 Å². The van der Waals surface area contributed by atoms with Crippen LogP contribution in [0.15, 0.2) is 42.5 Å². The number of carbonyl (C=O) groups excluding carboxylic acids is 3. The molecule has 0 spiro atoms. The quantitative estimate of drug-likeness (QED) is 0.585. The average molecular weight is 392 g/mol. The first-order chi connectivity index (χ1) is 14.1. The minimum atomic E-state index is -0.722. The standard InChI is InChI=1S/C24H28N2O3/c27-22(25-12-6-1-2-7-13-25)19(14-16-8-4-3-5-9-16)26-23(28)20-17-10-11-18(15-17)21(20)24(26)29/h3-5,8-11,17-21H,1-2,6-7,12-15H2/t17-,18-,19-,20-,21-/m0/s1. The smallest absolute Gasteiger partial charge is 0.246 e. The van der Waals surface area contributed by atoms with Gasteiger partial charge < -0.3 is 4.90 Å². The molecule has 0 unspecified atom stereocenters. The molecular weight excluding hydrogens is 364 g/mol. The second kappa shape index (κ2) is 7.43. The number of amides is 3. The normalized spacial score (nSPS) is 31.9. The van der Waals surface area contributed by atoms with Gasteiger partial charge in [0.1, 0.15) is 6.04 Å². The highest BCUT2D eigenvalue weighted by Gasteiger charge is 2.61. The predicted octanol–water partition coefficient (Wildman–Crippen LogP) is 2.81. The van der Waals surface area contributed by atoms with E-state index >= 15 is 0 Å². The third-order valence-electron chi connectivity index (χ3n) is 7.29. The molecule has 1 saturated carbocycles. The van der Waals surface area contributed by atoms with E-state index in [-0.39, 0.29) is 41.4 Å². The molecule has 2 bridgehead atoms. The Bertz CT molecular complexity index is 811. The van der Waals surface area contributed by atoms with E-state index in [1.807, 2.05) is 35.2 Å². The van der Waals surface area contributed by atoms with Crippen LogP contribution < -0.4 is 0 Å². The SMILES string of the molecule is O=C([C@H](Cc1ccccc1)N1C(=O)[C@@H]2[C@@H](C1=O)[C@H]1C=C[C@H]2C1)N1CCCCCC1. The zero-order chi connectivity index (χ0) is 20.0. The van der Waals surface area contributed by atoms with Gasteiger partial charge >= 0.3 is 0 Å². The number of rotatable bonds is 4. The maximum Gasteiger partial charge on any atom is 0.246 e. The summed E-state index contributed by atoms with van der Waals surface area (Å²) in [6, 6.07) is 9.04. The number of carbonyl (C=O) groups is 3. The molecule has 0 N–H and O–H groups in total. The van der Waals surface area contributed by atoms with Crippen LogP contribution >= 0.6 is 0 Å². The lowest BCUT2D eigenvalue weighted by Crippen LogP contribution is -2.53. The van der Waals surface area contributed by atoms with E-state index in [1.54, 1.807) is 0 Å². The Morgan fingerprint density at radius 1 is 0.897 bits per heavy atom. The van der Waals surface area contributed by atoms with Crippen molar-refractivity contribution in [3.8, 4) is 0 Å².